The Morgan fingerprint density at radius 2 is 1.42 bits per heavy atom. The molecule has 3 aliphatic heterocycles. The van der Waals surface area contributed by atoms with E-state index in [0.717, 1.165) is 55.4 Å². The topological polar surface area (TPSA) is 380 Å². The molecular weight excluding hydrogens is 1040 g/mol. The average molecular weight is 1120 g/mol. The van der Waals surface area contributed by atoms with Crippen molar-refractivity contribution in [3.63, 3.8) is 0 Å². The third-order valence-electron chi connectivity index (χ3n) is 14.8. The van der Waals surface area contributed by atoms with Gasteiger partial charge in [0.2, 0.25) is 41.4 Å². The van der Waals surface area contributed by atoms with E-state index in [9.17, 15) is 74.1 Å². The summed E-state index contributed by atoms with van der Waals surface area (Å²) in [4.78, 5) is 115. The summed E-state index contributed by atoms with van der Waals surface area (Å²) >= 11 is 0.651. The van der Waals surface area contributed by atoms with Crippen LogP contribution in [0.4, 0.5) is 0 Å². The molecule has 0 radical (unpaired) electrons. The first-order valence-corrected chi connectivity index (χ1v) is 28.4. The van der Waals surface area contributed by atoms with Gasteiger partial charge < -0.3 is 82.6 Å². The van der Waals surface area contributed by atoms with Crippen LogP contribution in [-0.2, 0) is 43.1 Å². The van der Waals surface area contributed by atoms with Crippen LogP contribution >= 0.6 is 11.8 Å². The summed E-state index contributed by atoms with van der Waals surface area (Å²) in [5, 5.41) is 88.8. The van der Waals surface area contributed by atoms with E-state index in [1.165, 1.54) is 37.6 Å². The maximum Gasteiger partial charge on any atom is 0.315 e. The molecule has 0 aromatic heterocycles. The summed E-state index contributed by atoms with van der Waals surface area (Å²) in [6, 6.07) is -5.33. The second-order valence-electron chi connectivity index (χ2n) is 21.2. The summed E-state index contributed by atoms with van der Waals surface area (Å²) in [7, 11) is 1.10. The molecule has 1 aromatic carbocycles. The van der Waals surface area contributed by atoms with Gasteiger partial charge in [0.15, 0.2) is 0 Å². The molecule has 0 spiro atoms. The van der Waals surface area contributed by atoms with Crippen LogP contribution in [0.2, 0.25) is 0 Å². The number of esters is 1. The molecule has 0 aliphatic carbocycles. The standard InChI is InChI=1S/C53H86N8O16S/c1-6-29(2)23-30(3)13-11-9-7-8-10-12-14-42(69)55-35-26-41(68)51(78-28-43(70)77-5)59-50(74)46-39(66)20-22-60(46)53(76)45(38(65)19-21-54)58-48(72)36(25-40(67)32-15-17-33(63)18-16-32)56-49(73)37-24-34(64)27-61(37)52(75)44(31(4)62)57-47(35)71/h15-18,29-31,34-41,44-46,51,62-68H,6-14,19-28,54H2,1-5H3,(H,55,69)(H,56,73)(H,57,71)(H,58,72)(H,59,74). The average Bonchev–Trinajstić information content (AvgIpc) is 4.04. The third-order valence-corrected chi connectivity index (χ3v) is 16.0. The van der Waals surface area contributed by atoms with E-state index < -0.39 is 157 Å². The zero-order chi connectivity index (χ0) is 57.8. The molecule has 78 heavy (non-hydrogen) atoms. The van der Waals surface area contributed by atoms with Gasteiger partial charge in [-0.1, -0.05) is 77.8 Å². The van der Waals surface area contributed by atoms with Crippen LogP contribution in [0, 0.1) is 11.8 Å². The molecule has 25 heteroatoms. The number of nitrogens with zero attached hydrogens (tertiary/aromatic N) is 2. The number of phenols is 1. The van der Waals surface area contributed by atoms with E-state index in [1.807, 2.05) is 0 Å². The Kier molecular flexibility index (Phi) is 27.0. The minimum absolute atomic E-state index is 0.0426. The zero-order valence-electron chi connectivity index (χ0n) is 45.6. The molecule has 24 nitrogen and oxygen atoms in total. The molecule has 440 valence electrons. The molecule has 0 bridgehead atoms. The van der Waals surface area contributed by atoms with Crippen molar-refractivity contribution in [2.45, 2.75) is 202 Å². The number of amides is 7. The lowest BCUT2D eigenvalue weighted by molar-refractivity contribution is -0.146. The Hall–Kier alpha value is -5.15. The number of benzene rings is 1. The van der Waals surface area contributed by atoms with Gasteiger partial charge in [-0.3, -0.25) is 38.4 Å². The van der Waals surface area contributed by atoms with Crippen LogP contribution in [0.25, 0.3) is 0 Å². The largest absolute Gasteiger partial charge is 0.508 e. The number of nitrogens with one attached hydrogen (secondary N) is 5. The third kappa shape index (κ3) is 19.6. The maximum absolute atomic E-state index is 14.6. The number of fused-ring (bicyclic) bond motifs is 2. The van der Waals surface area contributed by atoms with E-state index in [2.05, 4.69) is 47.4 Å². The Balaban J connectivity index is 1.73. The van der Waals surface area contributed by atoms with Gasteiger partial charge in [-0.25, -0.2) is 0 Å². The number of hydrogen-bond acceptors (Lipinski definition) is 18. The number of nitrogens with two attached hydrogens (primary N) is 1. The van der Waals surface area contributed by atoms with Gasteiger partial charge in [0, 0.05) is 38.8 Å². The van der Waals surface area contributed by atoms with E-state index in [1.54, 1.807) is 0 Å². The van der Waals surface area contributed by atoms with Crippen LogP contribution in [0.5, 0.6) is 5.75 Å². The molecule has 3 aliphatic rings. The molecule has 15 unspecified atom stereocenters. The molecule has 4 rings (SSSR count). The van der Waals surface area contributed by atoms with Crippen molar-refractivity contribution in [2.24, 2.45) is 17.6 Å². The highest BCUT2D eigenvalue weighted by atomic mass is 32.2. The summed E-state index contributed by atoms with van der Waals surface area (Å²) in [6.07, 6.45) is -3.31. The van der Waals surface area contributed by atoms with Crippen LogP contribution in [0.3, 0.4) is 0 Å². The number of aliphatic hydroxyl groups is 6. The second kappa shape index (κ2) is 32.2. The van der Waals surface area contributed by atoms with Gasteiger partial charge in [-0.05, 0) is 68.7 Å². The monoisotopic (exact) mass is 1120 g/mol. The second-order valence-corrected chi connectivity index (χ2v) is 22.4. The van der Waals surface area contributed by atoms with Crippen molar-refractivity contribution < 1.29 is 78.8 Å². The van der Waals surface area contributed by atoms with Crippen LogP contribution in [-0.4, -0.2) is 198 Å². The normalized spacial score (nSPS) is 27.9. The molecule has 0 saturated carbocycles. The quantitative estimate of drug-likeness (QED) is 0.0465. The van der Waals surface area contributed by atoms with Gasteiger partial charge >= 0.3 is 5.97 Å². The smallest absolute Gasteiger partial charge is 0.315 e. The number of aliphatic hydroxyl groups excluding tert-OH is 6. The predicted molar refractivity (Wildman–Crippen MR) is 286 cm³/mol. The number of thioether (sulfide) groups is 1. The summed E-state index contributed by atoms with van der Waals surface area (Å²) in [5.41, 5.74) is 5.95. The van der Waals surface area contributed by atoms with Gasteiger partial charge in [-0.15, -0.1) is 11.8 Å². The molecule has 3 fully saturated rings. The molecule has 1 aromatic rings. The molecule has 15 atom stereocenters. The van der Waals surface area contributed by atoms with Crippen molar-refractivity contribution in [3.05, 3.63) is 29.8 Å². The Morgan fingerprint density at radius 1 is 0.782 bits per heavy atom. The van der Waals surface area contributed by atoms with Gasteiger partial charge in [-0.2, -0.15) is 0 Å². The lowest BCUT2D eigenvalue weighted by Gasteiger charge is -2.34. The SMILES string of the molecule is CCC(C)CC(C)CCCCCCCCC(=O)NC1CC(O)C(SCC(=O)OC)NC(=O)C2C(O)CCN2C(=O)C(C(O)CCN)NC(=O)C(CC(O)c2ccc(O)cc2)NC(=O)C2CC(O)CN2C(=O)C(C(C)O)NC1=O. The molecule has 7 amide bonds. The fourth-order valence-corrected chi connectivity index (χ4v) is 11.1. The number of carbonyl (C=O) groups excluding carboxylic acids is 8. The number of unbranched alkanes of at least 4 members (excludes halogenated alkanes) is 5. The van der Waals surface area contributed by atoms with E-state index >= 15 is 0 Å². The fraction of sp³-hybridized carbons (Fsp3) is 0.736. The number of ether oxygens (including phenoxy) is 1. The Bertz CT molecular complexity index is 2140. The number of methoxy groups -OCH3 is 1. The highest BCUT2D eigenvalue weighted by molar-refractivity contribution is 8.00. The molecule has 3 saturated heterocycles. The summed E-state index contributed by atoms with van der Waals surface area (Å²) in [6.45, 7) is 6.89. The van der Waals surface area contributed by atoms with Crippen molar-refractivity contribution in [3.8, 4) is 5.75 Å². The van der Waals surface area contributed by atoms with Crippen molar-refractivity contribution in [2.75, 3.05) is 32.5 Å². The number of carbonyl (C=O) groups is 8. The van der Waals surface area contributed by atoms with E-state index in [-0.39, 0.29) is 43.7 Å². The highest BCUT2D eigenvalue weighted by Gasteiger charge is 2.48. The number of hydrogen-bond donors (Lipinski definition) is 13. The van der Waals surface area contributed by atoms with Crippen LogP contribution in [0.1, 0.15) is 136 Å². The first kappa shape index (κ1) is 65.4. The van der Waals surface area contributed by atoms with E-state index in [0.29, 0.717) is 36.4 Å². The fourth-order valence-electron chi connectivity index (χ4n) is 10.1. The first-order chi connectivity index (χ1) is 37.0. The van der Waals surface area contributed by atoms with Crippen molar-refractivity contribution >= 4 is 59.1 Å². The van der Waals surface area contributed by atoms with Crippen molar-refractivity contribution in [1.29, 1.82) is 0 Å². The zero-order valence-corrected chi connectivity index (χ0v) is 46.4. The van der Waals surface area contributed by atoms with Crippen molar-refractivity contribution in [1.82, 2.24) is 36.4 Å². The maximum atomic E-state index is 14.6. The highest BCUT2D eigenvalue weighted by Crippen LogP contribution is 2.27. The molecule has 14 N–H and O–H groups in total. The number of aromatic hydroxyl groups is 1. The van der Waals surface area contributed by atoms with Crippen LogP contribution in [0.15, 0.2) is 24.3 Å². The minimum Gasteiger partial charge on any atom is -0.508 e. The number of rotatable bonds is 23. The van der Waals surface area contributed by atoms with Gasteiger partial charge in [0.1, 0.15) is 47.4 Å². The lowest BCUT2D eigenvalue weighted by Crippen LogP contribution is -2.62. The predicted octanol–water partition coefficient (Wildman–Crippen LogP) is -0.925. The first-order valence-electron chi connectivity index (χ1n) is 27.4. The molecule has 3 heterocycles. The Morgan fingerprint density at radius 3 is 2.06 bits per heavy atom. The van der Waals surface area contributed by atoms with Crippen LogP contribution < -0.4 is 32.3 Å². The lowest BCUT2D eigenvalue weighted by atomic mass is 9.91. The molecular formula is C53H86N8O16S. The summed E-state index contributed by atoms with van der Waals surface area (Å²) in [5.74, 6) is -7.25. The van der Waals surface area contributed by atoms with E-state index in [4.69, 9.17) is 10.5 Å². The summed E-state index contributed by atoms with van der Waals surface area (Å²) < 4.78 is 4.78. The minimum atomic E-state index is -1.91. The Labute approximate surface area is 460 Å². The van der Waals surface area contributed by atoms with Gasteiger partial charge in [0.05, 0.1) is 49.5 Å². The number of phenolic OH excluding ortho intramolecular Hbond substituents is 1. The van der Waals surface area contributed by atoms with Gasteiger partial charge in [0.25, 0.3) is 0 Å².